The molecule has 4 nitrogen and oxygen atoms in total. The number of fused-ring (bicyclic) bond motifs is 19. The molecule has 11 aromatic rings. The molecule has 0 aliphatic carbocycles. The number of para-hydroxylation sites is 7. The molecule has 0 amide bonds. The van der Waals surface area contributed by atoms with Crippen LogP contribution in [0.15, 0.2) is 192 Å². The Balaban J connectivity index is 1.15. The number of benzene rings is 9. The lowest BCUT2D eigenvalue weighted by molar-refractivity contribution is 1.14. The predicted octanol–water partition coefficient (Wildman–Crippen LogP) is 9.57. The van der Waals surface area contributed by atoms with Crippen LogP contribution in [-0.2, 0) is 0 Å². The zero-order valence-corrected chi connectivity index (χ0v) is 33.5. The summed E-state index contributed by atoms with van der Waals surface area (Å²) in [4.78, 5) is 7.86. The maximum Gasteiger partial charge on any atom is 0.252 e. The topological polar surface area (TPSA) is 16.3 Å². The quantitative estimate of drug-likeness (QED) is 0.154. The van der Waals surface area contributed by atoms with E-state index in [2.05, 4.69) is 201 Å². The van der Waals surface area contributed by atoms with Gasteiger partial charge in [-0.05, 0) is 93.4 Å². The Morgan fingerprint density at radius 1 is 0.361 bits per heavy atom. The highest BCUT2D eigenvalue weighted by molar-refractivity contribution is 7.99. The molecular weight excluding hydrogens is 758 g/mol. The summed E-state index contributed by atoms with van der Waals surface area (Å²) in [5, 5.41) is 5.17. The molecule has 7 heterocycles. The number of rotatable bonds is 1. The summed E-state index contributed by atoms with van der Waals surface area (Å²) in [5.74, 6) is 0. The van der Waals surface area contributed by atoms with Gasteiger partial charge in [0.2, 0.25) is 0 Å². The van der Waals surface area contributed by atoms with Crippen LogP contribution >= 0.6 is 11.8 Å². The van der Waals surface area contributed by atoms with Crippen LogP contribution < -0.4 is 42.6 Å². The van der Waals surface area contributed by atoms with Crippen molar-refractivity contribution in [1.29, 1.82) is 0 Å². The second-order valence-corrected chi connectivity index (χ2v) is 18.2. The molecule has 0 fully saturated rings. The Bertz CT molecular complexity index is 3850. The van der Waals surface area contributed by atoms with Crippen molar-refractivity contribution >= 4 is 136 Å². The van der Waals surface area contributed by atoms with E-state index in [1.165, 1.54) is 132 Å². The molecular formula is C54H30B2N4S. The number of anilines is 6. The maximum atomic E-state index is 2.66. The molecule has 0 bridgehead atoms. The molecule has 0 spiro atoms. The van der Waals surface area contributed by atoms with Gasteiger partial charge in [-0.1, -0.05) is 133 Å². The Kier molecular flexibility index (Phi) is 5.63. The van der Waals surface area contributed by atoms with Crippen LogP contribution in [-0.4, -0.2) is 22.6 Å². The molecule has 0 atom stereocenters. The first kappa shape index (κ1) is 31.6. The van der Waals surface area contributed by atoms with Gasteiger partial charge in [0, 0.05) is 65.5 Å². The first-order chi connectivity index (χ1) is 30.3. The molecule has 5 aliphatic rings. The first-order valence-electron chi connectivity index (χ1n) is 21.3. The average Bonchev–Trinajstić information content (AvgIpc) is 3.84. The van der Waals surface area contributed by atoms with Gasteiger partial charge in [-0.3, -0.25) is 0 Å². The fourth-order valence-electron chi connectivity index (χ4n) is 12.3. The molecule has 278 valence electrons. The van der Waals surface area contributed by atoms with Gasteiger partial charge in [-0.2, -0.15) is 0 Å². The monoisotopic (exact) mass is 788 g/mol. The molecule has 9 aromatic carbocycles. The molecule has 2 aromatic heterocycles. The van der Waals surface area contributed by atoms with Crippen molar-refractivity contribution in [3.8, 4) is 11.4 Å². The lowest BCUT2D eigenvalue weighted by Gasteiger charge is -2.50. The van der Waals surface area contributed by atoms with Crippen molar-refractivity contribution in [3.63, 3.8) is 0 Å². The highest BCUT2D eigenvalue weighted by atomic mass is 32.2. The van der Waals surface area contributed by atoms with Gasteiger partial charge < -0.3 is 18.9 Å². The van der Waals surface area contributed by atoms with Crippen molar-refractivity contribution in [2.24, 2.45) is 0 Å². The molecule has 0 unspecified atom stereocenters. The van der Waals surface area contributed by atoms with Crippen molar-refractivity contribution in [1.82, 2.24) is 9.13 Å². The smallest absolute Gasteiger partial charge is 0.252 e. The zero-order chi connectivity index (χ0) is 39.2. The van der Waals surface area contributed by atoms with Crippen molar-refractivity contribution in [3.05, 3.63) is 182 Å². The van der Waals surface area contributed by atoms with Gasteiger partial charge in [0.05, 0.1) is 33.4 Å². The summed E-state index contributed by atoms with van der Waals surface area (Å²) in [6.45, 7) is 0.105. The highest BCUT2D eigenvalue weighted by Crippen LogP contribution is 2.55. The number of nitrogens with zero attached hydrogens (tertiary/aromatic N) is 4. The largest absolute Gasteiger partial charge is 0.312 e. The molecule has 7 heteroatoms. The Morgan fingerprint density at radius 2 is 0.951 bits per heavy atom. The van der Waals surface area contributed by atoms with Gasteiger partial charge in [0.15, 0.2) is 0 Å². The summed E-state index contributed by atoms with van der Waals surface area (Å²) >= 11 is 1.90. The summed E-state index contributed by atoms with van der Waals surface area (Å²) in [7, 11) is 0. The summed E-state index contributed by atoms with van der Waals surface area (Å²) in [6, 6.07) is 68.8. The van der Waals surface area contributed by atoms with E-state index in [-0.39, 0.29) is 13.4 Å². The molecule has 0 radical (unpaired) electrons. The van der Waals surface area contributed by atoms with E-state index in [0.717, 1.165) is 0 Å². The zero-order valence-electron chi connectivity index (χ0n) is 32.7. The normalized spacial score (nSPS) is 14.4. The second-order valence-electron chi connectivity index (χ2n) is 17.1. The molecule has 16 rings (SSSR count). The van der Waals surface area contributed by atoms with Crippen molar-refractivity contribution in [2.75, 3.05) is 9.80 Å². The van der Waals surface area contributed by atoms with Gasteiger partial charge in [-0.15, -0.1) is 0 Å². The van der Waals surface area contributed by atoms with E-state index in [0.29, 0.717) is 0 Å². The molecule has 5 aliphatic heterocycles. The SMILES string of the molecule is c1ccc(-n2c3ccccc3c3cc4c5c(c6ccccc6n5-c5cc6c7c8c5B4c4ccccc4N8c4ccccc4B7c4cccc5c4N6c4ccccc4S5)c32)cc1. The summed E-state index contributed by atoms with van der Waals surface area (Å²) in [6.07, 6.45) is 0. The lowest BCUT2D eigenvalue weighted by atomic mass is 9.29. The minimum atomic E-state index is 0.0214. The third-order valence-electron chi connectivity index (χ3n) is 14.4. The van der Waals surface area contributed by atoms with Crippen LogP contribution in [0.5, 0.6) is 0 Å². The van der Waals surface area contributed by atoms with Gasteiger partial charge in [0.25, 0.3) is 13.4 Å². The third-order valence-corrected chi connectivity index (χ3v) is 15.5. The van der Waals surface area contributed by atoms with Crippen LogP contribution in [0.1, 0.15) is 0 Å². The third kappa shape index (κ3) is 3.60. The number of hydrogen-bond donors (Lipinski definition) is 0. The van der Waals surface area contributed by atoms with E-state index in [9.17, 15) is 0 Å². The van der Waals surface area contributed by atoms with Crippen LogP contribution in [0, 0.1) is 0 Å². The molecule has 0 N–H and O–H groups in total. The Morgan fingerprint density at radius 3 is 1.75 bits per heavy atom. The van der Waals surface area contributed by atoms with E-state index in [4.69, 9.17) is 0 Å². The van der Waals surface area contributed by atoms with Gasteiger partial charge in [-0.25, -0.2) is 0 Å². The van der Waals surface area contributed by atoms with Crippen molar-refractivity contribution < 1.29 is 0 Å². The van der Waals surface area contributed by atoms with E-state index in [1.807, 2.05) is 11.8 Å². The maximum absolute atomic E-state index is 2.66. The molecule has 61 heavy (non-hydrogen) atoms. The van der Waals surface area contributed by atoms with Gasteiger partial charge in [0.1, 0.15) is 0 Å². The Hall–Kier alpha value is -7.34. The molecule has 0 saturated carbocycles. The van der Waals surface area contributed by atoms with Crippen LogP contribution in [0.25, 0.3) is 55.0 Å². The lowest BCUT2D eigenvalue weighted by Crippen LogP contribution is -2.68. The van der Waals surface area contributed by atoms with E-state index >= 15 is 0 Å². The fourth-order valence-corrected chi connectivity index (χ4v) is 13.4. The molecule has 0 saturated heterocycles. The summed E-state index contributed by atoms with van der Waals surface area (Å²) in [5.41, 5.74) is 23.5. The minimum Gasteiger partial charge on any atom is -0.312 e. The van der Waals surface area contributed by atoms with E-state index in [1.54, 1.807) is 0 Å². The Labute approximate surface area is 356 Å². The summed E-state index contributed by atoms with van der Waals surface area (Å²) < 4.78 is 5.17. The predicted molar refractivity (Wildman–Crippen MR) is 258 cm³/mol. The second kappa shape index (κ2) is 10.9. The number of aromatic nitrogens is 2. The van der Waals surface area contributed by atoms with Crippen LogP contribution in [0.2, 0.25) is 0 Å². The average molecular weight is 789 g/mol. The van der Waals surface area contributed by atoms with Gasteiger partial charge >= 0.3 is 0 Å². The standard InChI is InChI=1S/C54H30B2N4S/c1-2-15-31(16-3-1)57-39-22-8-4-17-32(39)34-29-38-53-48(51(34)57)33-18-5-9-23-40(33)58(53)44-30-45-49-54-50(44)56(38)36-20-7-11-25-42(36)59(54)41-24-10-6-19-35(41)55(49)37-21-14-28-47-52(37)60(45)43-26-12-13-27-46(43)61-47/h1-30H. The highest BCUT2D eigenvalue weighted by Gasteiger charge is 2.52. The number of hydrogen-bond acceptors (Lipinski definition) is 3. The van der Waals surface area contributed by atoms with E-state index < -0.39 is 0 Å². The van der Waals surface area contributed by atoms with Crippen molar-refractivity contribution in [2.45, 2.75) is 9.79 Å². The minimum absolute atomic E-state index is 0.0214. The fraction of sp³-hybridized carbons (Fsp3) is 0. The first-order valence-corrected chi connectivity index (χ1v) is 22.1. The van der Waals surface area contributed by atoms with Crippen LogP contribution in [0.3, 0.4) is 0 Å². The van der Waals surface area contributed by atoms with Crippen LogP contribution in [0.4, 0.5) is 34.1 Å².